The Kier molecular flexibility index (Phi) is 6.93. The van der Waals surface area contributed by atoms with Crippen LogP contribution in [0.3, 0.4) is 0 Å². The summed E-state index contributed by atoms with van der Waals surface area (Å²) >= 11 is 0. The Balaban J connectivity index is 1.89. The van der Waals surface area contributed by atoms with Gasteiger partial charge in [0.2, 0.25) is 0 Å². The molecule has 1 aromatic rings. The van der Waals surface area contributed by atoms with E-state index in [1.807, 2.05) is 13.0 Å². The Morgan fingerprint density at radius 2 is 2.22 bits per heavy atom. The number of nitrogens with zero attached hydrogens (tertiary/aromatic N) is 1. The highest BCUT2D eigenvalue weighted by Crippen LogP contribution is 2.28. The number of likely N-dealkylation sites (N-methyl/N-ethyl adjacent to an activating group) is 1. The summed E-state index contributed by atoms with van der Waals surface area (Å²) in [4.78, 5) is 2.56. The van der Waals surface area contributed by atoms with Gasteiger partial charge in [-0.3, -0.25) is 4.90 Å². The molecule has 4 heteroatoms. The van der Waals surface area contributed by atoms with Gasteiger partial charge in [-0.1, -0.05) is 19.6 Å². The minimum atomic E-state index is 0.515. The summed E-state index contributed by atoms with van der Waals surface area (Å²) in [6.45, 7) is 12.9. The molecule has 1 aliphatic rings. The smallest absolute Gasteiger partial charge is 0.161 e. The maximum Gasteiger partial charge on any atom is 0.161 e. The van der Waals surface area contributed by atoms with Gasteiger partial charge in [0.25, 0.3) is 0 Å². The van der Waals surface area contributed by atoms with Gasteiger partial charge in [-0.2, -0.15) is 0 Å². The average Bonchev–Trinajstić information content (AvgIpc) is 3.00. The SMILES string of the molecule is C=C(C)COc1cc(CNCC2CCCN2CC)ccc1OC. The van der Waals surface area contributed by atoms with Crippen LogP contribution in [0.2, 0.25) is 0 Å². The number of methoxy groups -OCH3 is 1. The number of hydrogen-bond donors (Lipinski definition) is 1. The fourth-order valence-corrected chi connectivity index (χ4v) is 3.07. The number of ether oxygens (including phenoxy) is 2. The Labute approximate surface area is 140 Å². The Bertz CT molecular complexity index is 516. The number of likely N-dealkylation sites (tertiary alicyclic amines) is 1. The largest absolute Gasteiger partial charge is 0.493 e. The first-order valence-electron chi connectivity index (χ1n) is 8.53. The van der Waals surface area contributed by atoms with Crippen molar-refractivity contribution in [2.45, 2.75) is 39.3 Å². The maximum absolute atomic E-state index is 5.78. The molecule has 1 aromatic carbocycles. The van der Waals surface area contributed by atoms with Gasteiger partial charge >= 0.3 is 0 Å². The topological polar surface area (TPSA) is 33.7 Å². The molecular formula is C19H30N2O2. The molecule has 0 saturated carbocycles. The van der Waals surface area contributed by atoms with E-state index in [2.05, 4.69) is 35.9 Å². The zero-order chi connectivity index (χ0) is 16.7. The van der Waals surface area contributed by atoms with Crippen molar-refractivity contribution >= 4 is 0 Å². The first kappa shape index (κ1) is 17.8. The van der Waals surface area contributed by atoms with Crippen LogP contribution in [-0.4, -0.2) is 44.3 Å². The first-order chi connectivity index (χ1) is 11.1. The van der Waals surface area contributed by atoms with E-state index in [1.165, 1.54) is 24.9 Å². The van der Waals surface area contributed by atoms with Crippen LogP contribution in [-0.2, 0) is 6.54 Å². The van der Waals surface area contributed by atoms with Crippen molar-refractivity contribution in [3.8, 4) is 11.5 Å². The number of benzene rings is 1. The second kappa shape index (κ2) is 8.94. The van der Waals surface area contributed by atoms with Crippen LogP contribution in [0.4, 0.5) is 0 Å². The molecule has 0 radical (unpaired) electrons. The summed E-state index contributed by atoms with van der Waals surface area (Å²) < 4.78 is 11.1. The third kappa shape index (κ3) is 5.26. The highest BCUT2D eigenvalue weighted by molar-refractivity contribution is 5.43. The molecule has 1 aliphatic heterocycles. The van der Waals surface area contributed by atoms with Gasteiger partial charge < -0.3 is 14.8 Å². The Morgan fingerprint density at radius 3 is 2.91 bits per heavy atom. The summed E-state index contributed by atoms with van der Waals surface area (Å²) in [7, 11) is 1.67. The van der Waals surface area contributed by atoms with Crippen molar-refractivity contribution in [1.29, 1.82) is 0 Å². The molecule has 1 saturated heterocycles. The van der Waals surface area contributed by atoms with Crippen LogP contribution in [0.1, 0.15) is 32.3 Å². The molecule has 1 N–H and O–H groups in total. The quantitative estimate of drug-likeness (QED) is 0.709. The van der Waals surface area contributed by atoms with Crippen LogP contribution in [0, 0.1) is 0 Å². The Morgan fingerprint density at radius 1 is 1.39 bits per heavy atom. The Hall–Kier alpha value is -1.52. The third-order valence-corrected chi connectivity index (χ3v) is 4.32. The molecule has 4 nitrogen and oxygen atoms in total. The van der Waals surface area contributed by atoms with Crippen LogP contribution in [0.25, 0.3) is 0 Å². The molecule has 1 fully saturated rings. The van der Waals surface area contributed by atoms with Crippen LogP contribution < -0.4 is 14.8 Å². The van der Waals surface area contributed by atoms with Crippen molar-refractivity contribution in [3.63, 3.8) is 0 Å². The monoisotopic (exact) mass is 318 g/mol. The van der Waals surface area contributed by atoms with Crippen LogP contribution in [0.15, 0.2) is 30.4 Å². The summed E-state index contributed by atoms with van der Waals surface area (Å²) in [5, 5.41) is 3.58. The molecule has 2 rings (SSSR count). The summed E-state index contributed by atoms with van der Waals surface area (Å²) in [6.07, 6.45) is 2.62. The second-order valence-electron chi connectivity index (χ2n) is 6.29. The average molecular weight is 318 g/mol. The van der Waals surface area contributed by atoms with Crippen molar-refractivity contribution < 1.29 is 9.47 Å². The molecule has 0 amide bonds. The molecule has 23 heavy (non-hydrogen) atoms. The lowest BCUT2D eigenvalue weighted by molar-refractivity contribution is 0.260. The summed E-state index contributed by atoms with van der Waals surface area (Å²) in [6, 6.07) is 6.79. The predicted octanol–water partition coefficient (Wildman–Crippen LogP) is 3.22. The van der Waals surface area contributed by atoms with E-state index >= 15 is 0 Å². The second-order valence-corrected chi connectivity index (χ2v) is 6.29. The zero-order valence-electron chi connectivity index (χ0n) is 14.7. The molecule has 1 heterocycles. The van der Waals surface area contributed by atoms with Gasteiger partial charge in [0.05, 0.1) is 7.11 Å². The van der Waals surface area contributed by atoms with E-state index in [9.17, 15) is 0 Å². The van der Waals surface area contributed by atoms with Gasteiger partial charge in [0.1, 0.15) is 6.61 Å². The minimum absolute atomic E-state index is 0.515. The van der Waals surface area contributed by atoms with E-state index in [4.69, 9.17) is 9.47 Å². The molecule has 0 aliphatic carbocycles. The van der Waals surface area contributed by atoms with Gasteiger partial charge in [0.15, 0.2) is 11.5 Å². The molecular weight excluding hydrogens is 288 g/mol. The van der Waals surface area contributed by atoms with E-state index in [1.54, 1.807) is 7.11 Å². The summed E-state index contributed by atoms with van der Waals surface area (Å²) in [5.74, 6) is 1.55. The fourth-order valence-electron chi connectivity index (χ4n) is 3.07. The van der Waals surface area contributed by atoms with Gasteiger partial charge in [-0.05, 0) is 56.1 Å². The van der Waals surface area contributed by atoms with Crippen molar-refractivity contribution in [2.75, 3.05) is 33.4 Å². The van der Waals surface area contributed by atoms with Crippen LogP contribution >= 0.6 is 0 Å². The van der Waals surface area contributed by atoms with Crippen LogP contribution in [0.5, 0.6) is 11.5 Å². The molecule has 1 unspecified atom stereocenters. The van der Waals surface area contributed by atoms with E-state index in [-0.39, 0.29) is 0 Å². The third-order valence-electron chi connectivity index (χ3n) is 4.32. The van der Waals surface area contributed by atoms with Crippen molar-refractivity contribution in [2.24, 2.45) is 0 Å². The van der Waals surface area contributed by atoms with Gasteiger partial charge in [-0.15, -0.1) is 0 Å². The van der Waals surface area contributed by atoms with E-state index in [0.29, 0.717) is 12.6 Å². The molecule has 0 aromatic heterocycles. The number of nitrogens with one attached hydrogen (secondary N) is 1. The van der Waals surface area contributed by atoms with Gasteiger partial charge in [-0.25, -0.2) is 0 Å². The number of hydrogen-bond acceptors (Lipinski definition) is 4. The molecule has 128 valence electrons. The lowest BCUT2D eigenvalue weighted by Crippen LogP contribution is -2.37. The van der Waals surface area contributed by atoms with Crippen molar-refractivity contribution in [1.82, 2.24) is 10.2 Å². The highest BCUT2D eigenvalue weighted by Gasteiger charge is 2.22. The maximum atomic E-state index is 5.78. The molecule has 1 atom stereocenters. The predicted molar refractivity (Wildman–Crippen MR) is 95.3 cm³/mol. The summed E-state index contributed by atoms with van der Waals surface area (Å²) in [5.41, 5.74) is 2.21. The molecule has 0 spiro atoms. The van der Waals surface area contributed by atoms with Gasteiger partial charge in [0, 0.05) is 19.1 Å². The normalized spacial score (nSPS) is 18.1. The van der Waals surface area contributed by atoms with Crippen molar-refractivity contribution in [3.05, 3.63) is 35.9 Å². The standard InChI is InChI=1S/C19H30N2O2/c1-5-21-10-6-7-17(21)13-20-12-16-8-9-18(22-4)19(11-16)23-14-15(2)3/h8-9,11,17,20H,2,5-7,10,12-14H2,1,3-4H3. The first-order valence-corrected chi connectivity index (χ1v) is 8.53. The fraction of sp³-hybridized carbons (Fsp3) is 0.579. The number of rotatable bonds is 9. The van der Waals surface area contributed by atoms with E-state index in [0.717, 1.165) is 36.7 Å². The lowest BCUT2D eigenvalue weighted by atomic mass is 10.1. The molecule has 0 bridgehead atoms. The zero-order valence-corrected chi connectivity index (χ0v) is 14.7. The lowest BCUT2D eigenvalue weighted by Gasteiger charge is -2.23. The van der Waals surface area contributed by atoms with E-state index < -0.39 is 0 Å². The minimum Gasteiger partial charge on any atom is -0.493 e. The highest BCUT2D eigenvalue weighted by atomic mass is 16.5.